The number of ether oxygens (including phenoxy) is 1. The van der Waals surface area contributed by atoms with Crippen LogP contribution in [-0.4, -0.2) is 18.6 Å². The summed E-state index contributed by atoms with van der Waals surface area (Å²) in [7, 11) is 0. The summed E-state index contributed by atoms with van der Waals surface area (Å²) in [6.07, 6.45) is 4.31. The molecule has 2 N–H and O–H groups in total. The normalized spacial score (nSPS) is 20.2. The third-order valence-electron chi connectivity index (χ3n) is 4.29. The zero-order valence-corrected chi connectivity index (χ0v) is 12.2. The quantitative estimate of drug-likeness (QED) is 0.869. The molecule has 4 nitrogen and oxygen atoms in total. The van der Waals surface area contributed by atoms with Gasteiger partial charge < -0.3 is 15.4 Å². The van der Waals surface area contributed by atoms with E-state index in [4.69, 9.17) is 4.74 Å². The molecule has 2 aliphatic rings. The van der Waals surface area contributed by atoms with Crippen molar-refractivity contribution in [3.8, 4) is 5.75 Å². The van der Waals surface area contributed by atoms with E-state index >= 15 is 0 Å². The van der Waals surface area contributed by atoms with Crippen molar-refractivity contribution in [1.29, 1.82) is 0 Å². The van der Waals surface area contributed by atoms with E-state index in [0.29, 0.717) is 0 Å². The number of para-hydroxylation sites is 1. The summed E-state index contributed by atoms with van der Waals surface area (Å²) >= 11 is 0. The lowest BCUT2D eigenvalue weighted by atomic mass is 9.85. The van der Waals surface area contributed by atoms with Gasteiger partial charge in [0.05, 0.1) is 17.2 Å². The van der Waals surface area contributed by atoms with Gasteiger partial charge in [0.15, 0.2) is 0 Å². The highest BCUT2D eigenvalue weighted by atomic mass is 16.5. The number of hydrogen-bond donors (Lipinski definition) is 2. The van der Waals surface area contributed by atoms with Crippen LogP contribution in [0.25, 0.3) is 0 Å². The first kappa shape index (κ1) is 13.3. The lowest BCUT2D eigenvalue weighted by Gasteiger charge is -2.24. The monoisotopic (exact) mass is 274 g/mol. The maximum Gasteiger partial charge on any atom is 0.232 e. The van der Waals surface area contributed by atoms with Crippen molar-refractivity contribution in [2.45, 2.75) is 45.6 Å². The maximum absolute atomic E-state index is 12.6. The highest BCUT2D eigenvalue weighted by Crippen LogP contribution is 2.44. The summed E-state index contributed by atoms with van der Waals surface area (Å²) in [5.41, 5.74) is 1.50. The van der Waals surface area contributed by atoms with Gasteiger partial charge in [0.25, 0.3) is 0 Å². The second-order valence-corrected chi connectivity index (χ2v) is 6.14. The van der Waals surface area contributed by atoms with E-state index in [0.717, 1.165) is 49.4 Å². The van der Waals surface area contributed by atoms with Crippen LogP contribution >= 0.6 is 0 Å². The van der Waals surface area contributed by atoms with Gasteiger partial charge in [-0.1, -0.05) is 18.9 Å². The van der Waals surface area contributed by atoms with Gasteiger partial charge >= 0.3 is 0 Å². The Morgan fingerprint density at radius 2 is 2.00 bits per heavy atom. The minimum Gasteiger partial charge on any atom is -0.489 e. The Bertz CT molecular complexity index is 519. The largest absolute Gasteiger partial charge is 0.489 e. The molecule has 3 rings (SSSR count). The van der Waals surface area contributed by atoms with Gasteiger partial charge in [-0.15, -0.1) is 0 Å². The lowest BCUT2D eigenvalue weighted by molar-refractivity contribution is -0.124. The number of anilines is 2. The fourth-order valence-electron chi connectivity index (χ4n) is 3.21. The van der Waals surface area contributed by atoms with Gasteiger partial charge in [-0.05, 0) is 38.8 Å². The van der Waals surface area contributed by atoms with Gasteiger partial charge in [0.1, 0.15) is 11.4 Å². The van der Waals surface area contributed by atoms with Crippen molar-refractivity contribution in [3.63, 3.8) is 0 Å². The molecule has 1 saturated carbocycles. The summed E-state index contributed by atoms with van der Waals surface area (Å²) in [6, 6.07) is 5.87. The van der Waals surface area contributed by atoms with Gasteiger partial charge in [-0.3, -0.25) is 4.79 Å². The minimum atomic E-state index is -0.242. The number of rotatable bonds is 2. The molecule has 1 aliphatic heterocycles. The van der Waals surface area contributed by atoms with Crippen LogP contribution in [0.3, 0.4) is 0 Å². The molecule has 0 aromatic heterocycles. The Morgan fingerprint density at radius 1 is 1.25 bits per heavy atom. The number of hydrogen-bond acceptors (Lipinski definition) is 3. The average molecular weight is 274 g/mol. The molecule has 0 saturated heterocycles. The molecule has 1 aliphatic carbocycles. The number of carbonyl (C=O) groups excluding carboxylic acids is 1. The molecule has 20 heavy (non-hydrogen) atoms. The van der Waals surface area contributed by atoms with Gasteiger partial charge in [-0.2, -0.15) is 0 Å². The molecular weight excluding hydrogens is 252 g/mol. The summed E-state index contributed by atoms with van der Waals surface area (Å²) in [5, 5.41) is 6.54. The van der Waals surface area contributed by atoms with Crippen molar-refractivity contribution in [2.75, 3.05) is 17.2 Å². The number of benzene rings is 1. The van der Waals surface area contributed by atoms with Crippen LogP contribution < -0.4 is 15.4 Å². The smallest absolute Gasteiger partial charge is 0.232 e. The standard InChI is InChI=1S/C16H22N2O2/c1-11(2)20-13-7-5-6-12-14(13)18-15(19)16(10-17-12)8-3-4-9-16/h5-7,11,17H,3-4,8-10H2,1-2H3,(H,18,19). The summed E-state index contributed by atoms with van der Waals surface area (Å²) in [4.78, 5) is 12.6. The fourth-order valence-corrected chi connectivity index (χ4v) is 3.21. The highest BCUT2D eigenvalue weighted by Gasteiger charge is 2.43. The van der Waals surface area contributed by atoms with Crippen molar-refractivity contribution in [2.24, 2.45) is 5.41 Å². The van der Waals surface area contributed by atoms with Crippen molar-refractivity contribution in [3.05, 3.63) is 18.2 Å². The minimum absolute atomic E-state index is 0.0853. The molecule has 1 heterocycles. The summed E-state index contributed by atoms with van der Waals surface area (Å²) in [5.74, 6) is 0.884. The van der Waals surface area contributed by atoms with E-state index in [2.05, 4.69) is 10.6 Å². The summed E-state index contributed by atoms with van der Waals surface area (Å²) < 4.78 is 5.81. The molecule has 0 atom stereocenters. The van der Waals surface area contributed by atoms with Crippen molar-refractivity contribution >= 4 is 17.3 Å². The summed E-state index contributed by atoms with van der Waals surface area (Å²) in [6.45, 7) is 4.70. The first-order valence-electron chi connectivity index (χ1n) is 7.46. The Kier molecular flexibility index (Phi) is 3.32. The molecular formula is C16H22N2O2. The molecule has 4 heteroatoms. The van der Waals surface area contributed by atoms with Crippen LogP contribution in [-0.2, 0) is 4.79 Å². The molecule has 0 radical (unpaired) electrons. The Balaban J connectivity index is 1.94. The number of fused-ring (bicyclic) bond motifs is 1. The van der Waals surface area contributed by atoms with E-state index < -0.39 is 0 Å². The SMILES string of the molecule is CC(C)Oc1cccc2c1NC(=O)C1(CCCC1)CN2. The van der Waals surface area contributed by atoms with Crippen LogP contribution in [0.15, 0.2) is 18.2 Å². The molecule has 1 spiro atoms. The predicted octanol–water partition coefficient (Wildman–Crippen LogP) is 3.40. The molecule has 108 valence electrons. The van der Waals surface area contributed by atoms with E-state index in [1.807, 2.05) is 32.0 Å². The third kappa shape index (κ3) is 2.23. The van der Waals surface area contributed by atoms with Crippen LogP contribution in [0.1, 0.15) is 39.5 Å². The Labute approximate surface area is 119 Å². The number of amides is 1. The zero-order chi connectivity index (χ0) is 14.2. The van der Waals surface area contributed by atoms with Crippen LogP contribution in [0.5, 0.6) is 5.75 Å². The Hall–Kier alpha value is -1.71. The van der Waals surface area contributed by atoms with E-state index in [-0.39, 0.29) is 17.4 Å². The van der Waals surface area contributed by atoms with E-state index in [1.54, 1.807) is 0 Å². The molecule has 1 amide bonds. The van der Waals surface area contributed by atoms with Gasteiger partial charge in [-0.25, -0.2) is 0 Å². The fraction of sp³-hybridized carbons (Fsp3) is 0.562. The first-order chi connectivity index (χ1) is 9.61. The Morgan fingerprint density at radius 3 is 2.70 bits per heavy atom. The highest BCUT2D eigenvalue weighted by molar-refractivity contribution is 6.01. The molecule has 1 aromatic carbocycles. The van der Waals surface area contributed by atoms with E-state index in [9.17, 15) is 4.79 Å². The van der Waals surface area contributed by atoms with Crippen LogP contribution in [0.2, 0.25) is 0 Å². The number of nitrogens with one attached hydrogen (secondary N) is 2. The third-order valence-corrected chi connectivity index (χ3v) is 4.29. The maximum atomic E-state index is 12.6. The number of carbonyl (C=O) groups is 1. The molecule has 0 unspecified atom stereocenters. The second-order valence-electron chi connectivity index (χ2n) is 6.14. The van der Waals surface area contributed by atoms with Crippen LogP contribution in [0.4, 0.5) is 11.4 Å². The average Bonchev–Trinajstić information content (AvgIpc) is 2.83. The van der Waals surface area contributed by atoms with Crippen LogP contribution in [0, 0.1) is 5.41 Å². The van der Waals surface area contributed by atoms with Crippen molar-refractivity contribution in [1.82, 2.24) is 0 Å². The topological polar surface area (TPSA) is 50.4 Å². The second kappa shape index (κ2) is 5.00. The lowest BCUT2D eigenvalue weighted by Crippen LogP contribution is -2.37. The molecule has 1 fully saturated rings. The molecule has 1 aromatic rings. The zero-order valence-electron chi connectivity index (χ0n) is 12.2. The first-order valence-corrected chi connectivity index (χ1v) is 7.46. The van der Waals surface area contributed by atoms with E-state index in [1.165, 1.54) is 0 Å². The molecule has 0 bridgehead atoms. The van der Waals surface area contributed by atoms with Crippen molar-refractivity contribution < 1.29 is 9.53 Å². The van der Waals surface area contributed by atoms with Gasteiger partial charge in [0.2, 0.25) is 5.91 Å². The van der Waals surface area contributed by atoms with Gasteiger partial charge in [0, 0.05) is 6.54 Å². The predicted molar refractivity (Wildman–Crippen MR) is 80.2 cm³/mol.